The third kappa shape index (κ3) is 4.81. The lowest BCUT2D eigenvalue weighted by molar-refractivity contribution is 0.261. The Balaban J connectivity index is 1.63. The van der Waals surface area contributed by atoms with Gasteiger partial charge in [0.15, 0.2) is 11.5 Å². The van der Waals surface area contributed by atoms with Crippen LogP contribution in [0.1, 0.15) is 24.4 Å². The molecule has 0 aliphatic carbocycles. The molecule has 1 atom stereocenters. The van der Waals surface area contributed by atoms with E-state index < -0.39 is 6.04 Å². The Kier molecular flexibility index (Phi) is 6.45. The van der Waals surface area contributed by atoms with Gasteiger partial charge in [0.25, 0.3) is 5.56 Å². The number of fused-ring (bicyclic) bond motifs is 2. The number of H-pyrrole nitrogens is 1. The van der Waals surface area contributed by atoms with Crippen molar-refractivity contribution in [1.29, 1.82) is 0 Å². The third-order valence-corrected chi connectivity index (χ3v) is 6.05. The lowest BCUT2D eigenvalue weighted by atomic mass is 10.1. The van der Waals surface area contributed by atoms with E-state index >= 15 is 0 Å². The van der Waals surface area contributed by atoms with Crippen molar-refractivity contribution < 1.29 is 4.74 Å². The number of anilines is 2. The number of rotatable bonds is 8. The van der Waals surface area contributed by atoms with Crippen molar-refractivity contribution in [3.8, 4) is 11.4 Å². The molecule has 0 aliphatic heterocycles. The van der Waals surface area contributed by atoms with E-state index in [1.165, 1.54) is 6.33 Å². The van der Waals surface area contributed by atoms with Gasteiger partial charge in [0.1, 0.15) is 23.7 Å². The maximum atomic E-state index is 14.0. The summed E-state index contributed by atoms with van der Waals surface area (Å²) in [6, 6.07) is 12.7. The molecule has 0 aliphatic rings. The molecule has 0 saturated heterocycles. The summed E-state index contributed by atoms with van der Waals surface area (Å²) in [5.41, 5.74) is 8.94. The predicted octanol–water partition coefficient (Wildman–Crippen LogP) is 3.06. The van der Waals surface area contributed by atoms with Crippen LogP contribution in [-0.2, 0) is 0 Å². The Morgan fingerprint density at radius 1 is 1.16 bits per heavy atom. The van der Waals surface area contributed by atoms with Gasteiger partial charge in [-0.25, -0.2) is 9.97 Å². The van der Waals surface area contributed by atoms with Crippen LogP contribution >= 0.6 is 0 Å². The second kappa shape index (κ2) is 9.86. The Labute approximate surface area is 213 Å². The molecule has 0 bridgehead atoms. The van der Waals surface area contributed by atoms with E-state index in [9.17, 15) is 4.79 Å². The first-order valence-electron chi connectivity index (χ1n) is 11.9. The largest absolute Gasteiger partial charge is 0.492 e. The topological polar surface area (TPSA) is 140 Å². The molecule has 5 aromatic rings. The fraction of sp³-hybridized carbons (Fsp3) is 0.269. The van der Waals surface area contributed by atoms with Gasteiger partial charge in [-0.3, -0.25) is 9.36 Å². The Hall–Kier alpha value is -4.51. The average Bonchev–Trinajstić information content (AvgIpc) is 3.32. The summed E-state index contributed by atoms with van der Waals surface area (Å²) >= 11 is 0. The number of aromatic nitrogens is 6. The number of ether oxygens (including phenoxy) is 1. The molecular formula is C26H29N9O2. The van der Waals surface area contributed by atoms with Crippen LogP contribution < -0.4 is 21.3 Å². The Morgan fingerprint density at radius 2 is 1.97 bits per heavy atom. The number of aromatic amines is 1. The van der Waals surface area contributed by atoms with Gasteiger partial charge in [0.2, 0.25) is 5.95 Å². The third-order valence-electron chi connectivity index (χ3n) is 6.05. The molecule has 0 spiro atoms. The van der Waals surface area contributed by atoms with Crippen LogP contribution in [0.4, 0.5) is 11.8 Å². The SMILES string of the molecule is Cc1cccc2nc(C(C)Nc3nc(N)nc4[nH]cnc34)n(-c3cccc(OCCN(C)C)c3)c(=O)c12. The molecule has 3 heterocycles. The minimum Gasteiger partial charge on any atom is -0.492 e. The summed E-state index contributed by atoms with van der Waals surface area (Å²) in [6.07, 6.45) is 1.53. The summed E-state index contributed by atoms with van der Waals surface area (Å²) in [5.74, 6) is 1.73. The van der Waals surface area contributed by atoms with Crippen LogP contribution in [0.15, 0.2) is 53.6 Å². The minimum atomic E-state index is -0.440. The number of nitrogens with two attached hydrogens (primary N) is 1. The van der Waals surface area contributed by atoms with E-state index in [-0.39, 0.29) is 11.5 Å². The van der Waals surface area contributed by atoms with Crippen molar-refractivity contribution in [3.05, 3.63) is 70.5 Å². The molecule has 3 aromatic heterocycles. The molecule has 4 N–H and O–H groups in total. The number of hydrogen-bond donors (Lipinski definition) is 3. The number of nitrogens with zero attached hydrogens (tertiary/aromatic N) is 6. The number of hydrogen-bond acceptors (Lipinski definition) is 9. The Bertz CT molecular complexity index is 1640. The molecule has 190 valence electrons. The number of aryl methyl sites for hydroxylation is 1. The maximum absolute atomic E-state index is 14.0. The van der Waals surface area contributed by atoms with E-state index in [0.717, 1.165) is 12.1 Å². The fourth-order valence-electron chi connectivity index (χ4n) is 4.23. The molecule has 2 aromatic carbocycles. The van der Waals surface area contributed by atoms with Gasteiger partial charge in [-0.15, -0.1) is 0 Å². The molecular weight excluding hydrogens is 470 g/mol. The van der Waals surface area contributed by atoms with Crippen molar-refractivity contribution in [2.75, 3.05) is 38.3 Å². The van der Waals surface area contributed by atoms with E-state index in [4.69, 9.17) is 15.5 Å². The molecule has 11 heteroatoms. The first kappa shape index (κ1) is 24.2. The number of nitrogen functional groups attached to an aromatic ring is 1. The highest BCUT2D eigenvalue weighted by atomic mass is 16.5. The smallest absolute Gasteiger partial charge is 0.266 e. The van der Waals surface area contributed by atoms with E-state index in [0.29, 0.717) is 51.8 Å². The summed E-state index contributed by atoms with van der Waals surface area (Å²) in [5, 5.41) is 3.90. The average molecular weight is 500 g/mol. The summed E-state index contributed by atoms with van der Waals surface area (Å²) in [4.78, 5) is 36.7. The molecule has 1 unspecified atom stereocenters. The molecule has 0 saturated carbocycles. The van der Waals surface area contributed by atoms with Crippen LogP contribution in [-0.4, -0.2) is 61.6 Å². The molecule has 37 heavy (non-hydrogen) atoms. The van der Waals surface area contributed by atoms with Crippen LogP contribution in [0.3, 0.4) is 0 Å². The van der Waals surface area contributed by atoms with Crippen molar-refractivity contribution in [3.63, 3.8) is 0 Å². The molecule has 0 radical (unpaired) electrons. The zero-order valence-electron chi connectivity index (χ0n) is 21.2. The quantitative estimate of drug-likeness (QED) is 0.294. The number of benzene rings is 2. The monoisotopic (exact) mass is 499 g/mol. The normalized spacial score (nSPS) is 12.4. The van der Waals surface area contributed by atoms with Gasteiger partial charge in [0.05, 0.1) is 29.0 Å². The molecule has 11 nitrogen and oxygen atoms in total. The van der Waals surface area contributed by atoms with Crippen LogP contribution in [0, 0.1) is 6.92 Å². The van der Waals surface area contributed by atoms with E-state index in [1.807, 2.05) is 75.3 Å². The van der Waals surface area contributed by atoms with Gasteiger partial charge in [0, 0.05) is 12.6 Å². The zero-order chi connectivity index (χ0) is 26.1. The van der Waals surface area contributed by atoms with Gasteiger partial charge in [-0.05, 0) is 51.7 Å². The maximum Gasteiger partial charge on any atom is 0.266 e. The van der Waals surface area contributed by atoms with Gasteiger partial charge in [-0.1, -0.05) is 18.2 Å². The fourth-order valence-corrected chi connectivity index (χ4v) is 4.23. The van der Waals surface area contributed by atoms with Crippen LogP contribution in [0.25, 0.3) is 27.8 Å². The number of likely N-dealkylation sites (N-methyl/N-ethyl adjacent to an activating group) is 1. The van der Waals surface area contributed by atoms with Crippen molar-refractivity contribution >= 4 is 33.8 Å². The van der Waals surface area contributed by atoms with Gasteiger partial charge >= 0.3 is 0 Å². The van der Waals surface area contributed by atoms with Crippen molar-refractivity contribution in [2.24, 2.45) is 0 Å². The van der Waals surface area contributed by atoms with E-state index in [1.54, 1.807) is 4.57 Å². The second-order valence-electron chi connectivity index (χ2n) is 9.12. The van der Waals surface area contributed by atoms with Crippen LogP contribution in [0.2, 0.25) is 0 Å². The number of imidazole rings is 1. The Morgan fingerprint density at radius 3 is 2.78 bits per heavy atom. The highest BCUT2D eigenvalue weighted by Gasteiger charge is 2.21. The highest BCUT2D eigenvalue weighted by molar-refractivity contribution is 5.84. The summed E-state index contributed by atoms with van der Waals surface area (Å²) in [7, 11) is 3.98. The van der Waals surface area contributed by atoms with Crippen LogP contribution in [0.5, 0.6) is 5.75 Å². The second-order valence-corrected chi connectivity index (χ2v) is 9.12. The highest BCUT2D eigenvalue weighted by Crippen LogP contribution is 2.26. The molecule has 5 rings (SSSR count). The first-order chi connectivity index (χ1) is 17.8. The zero-order valence-corrected chi connectivity index (χ0v) is 21.2. The number of nitrogens with one attached hydrogen (secondary N) is 2. The summed E-state index contributed by atoms with van der Waals surface area (Å²) < 4.78 is 7.57. The first-order valence-corrected chi connectivity index (χ1v) is 11.9. The molecule has 0 fully saturated rings. The van der Waals surface area contributed by atoms with Gasteiger partial charge in [-0.2, -0.15) is 9.97 Å². The van der Waals surface area contributed by atoms with Gasteiger partial charge < -0.3 is 25.7 Å². The standard InChI is InChI=1S/C26H29N9O2/c1-15-7-5-10-19-20(15)25(36)35(17-8-6-9-18(13-17)37-12-11-34(3)4)24(31-19)16(2)30-23-21-22(29-14-28-21)32-26(27)33-23/h5-10,13-14,16H,11-12H2,1-4H3,(H4,27,28,29,30,32,33). The lowest BCUT2D eigenvalue weighted by Gasteiger charge is -2.21. The minimum absolute atomic E-state index is 0.105. The predicted molar refractivity (Wildman–Crippen MR) is 144 cm³/mol. The van der Waals surface area contributed by atoms with E-state index in [2.05, 4.69) is 25.3 Å². The lowest BCUT2D eigenvalue weighted by Crippen LogP contribution is -2.28. The van der Waals surface area contributed by atoms with Crippen molar-refractivity contribution in [1.82, 2.24) is 34.4 Å². The van der Waals surface area contributed by atoms with Crippen molar-refractivity contribution in [2.45, 2.75) is 19.9 Å². The summed E-state index contributed by atoms with van der Waals surface area (Å²) in [6.45, 7) is 5.13. The molecule has 0 amide bonds.